The molecular formula is C16H26O4. The van der Waals surface area contributed by atoms with Crippen molar-refractivity contribution < 1.29 is 19.7 Å². The first kappa shape index (κ1) is 18.6. The second-order valence-electron chi connectivity index (χ2n) is 5.50. The molecule has 0 aliphatic rings. The van der Waals surface area contributed by atoms with Gasteiger partial charge >= 0.3 is 5.97 Å². The van der Waals surface area contributed by atoms with Gasteiger partial charge in [0, 0.05) is 5.57 Å². The van der Waals surface area contributed by atoms with E-state index in [1.165, 1.54) is 0 Å². The number of aliphatic hydroxyl groups is 2. The van der Waals surface area contributed by atoms with Crippen LogP contribution in [0.2, 0.25) is 0 Å². The second-order valence-corrected chi connectivity index (χ2v) is 5.50. The molecule has 0 rings (SSSR count). The predicted molar refractivity (Wildman–Crippen MR) is 80.1 cm³/mol. The largest absolute Gasteiger partial charge is 0.462 e. The molecule has 0 aromatic rings. The number of hydrogen-bond acceptors (Lipinski definition) is 4. The Morgan fingerprint density at radius 3 is 1.95 bits per heavy atom. The Kier molecular flexibility index (Phi) is 7.46. The molecule has 20 heavy (non-hydrogen) atoms. The number of carbonyl (C=O) groups excluding carboxylic acids is 1. The van der Waals surface area contributed by atoms with Crippen LogP contribution in [0.4, 0.5) is 0 Å². The van der Waals surface area contributed by atoms with Crippen molar-refractivity contribution in [2.45, 2.75) is 26.7 Å². The Bertz CT molecular complexity index is 357. The summed E-state index contributed by atoms with van der Waals surface area (Å²) in [6.45, 7) is 13.7. The summed E-state index contributed by atoms with van der Waals surface area (Å²) in [6, 6.07) is 0. The van der Waals surface area contributed by atoms with Gasteiger partial charge in [-0.15, -0.1) is 13.2 Å². The van der Waals surface area contributed by atoms with Crippen molar-refractivity contribution in [2.75, 3.05) is 19.8 Å². The normalized spacial score (nSPS) is 11.8. The van der Waals surface area contributed by atoms with E-state index in [2.05, 4.69) is 19.7 Å². The first-order valence-corrected chi connectivity index (χ1v) is 6.58. The molecule has 0 spiro atoms. The molecule has 0 atom stereocenters. The van der Waals surface area contributed by atoms with Crippen LogP contribution in [0.5, 0.6) is 0 Å². The van der Waals surface area contributed by atoms with Gasteiger partial charge < -0.3 is 14.9 Å². The smallest absolute Gasteiger partial charge is 0.333 e. The van der Waals surface area contributed by atoms with Crippen molar-refractivity contribution >= 4 is 5.97 Å². The van der Waals surface area contributed by atoms with Gasteiger partial charge in [0.05, 0.1) is 18.6 Å². The number of hydrogen-bond donors (Lipinski definition) is 2. The summed E-state index contributed by atoms with van der Waals surface area (Å²) in [6.07, 6.45) is 4.57. The van der Waals surface area contributed by atoms with E-state index in [0.717, 1.165) is 0 Å². The van der Waals surface area contributed by atoms with E-state index in [-0.39, 0.29) is 25.4 Å². The van der Waals surface area contributed by atoms with E-state index in [0.29, 0.717) is 12.8 Å². The lowest BCUT2D eigenvalue weighted by Gasteiger charge is -2.45. The molecule has 0 aliphatic carbocycles. The van der Waals surface area contributed by atoms with Gasteiger partial charge in [0.1, 0.15) is 6.61 Å². The Hall–Kier alpha value is -1.39. The second kappa shape index (κ2) is 8.02. The van der Waals surface area contributed by atoms with Gasteiger partial charge in [-0.25, -0.2) is 4.79 Å². The van der Waals surface area contributed by atoms with Crippen LogP contribution in [0.25, 0.3) is 0 Å². The summed E-state index contributed by atoms with van der Waals surface area (Å²) in [7, 11) is 0. The number of esters is 1. The molecule has 114 valence electrons. The minimum Gasteiger partial charge on any atom is -0.462 e. The molecular weight excluding hydrogens is 256 g/mol. The Labute approximate surface area is 121 Å². The first-order valence-electron chi connectivity index (χ1n) is 6.58. The molecule has 0 radical (unpaired) electrons. The van der Waals surface area contributed by atoms with Gasteiger partial charge in [-0.05, 0) is 25.2 Å². The highest BCUT2D eigenvalue weighted by atomic mass is 16.5. The molecule has 0 aromatic heterocycles. The molecule has 0 saturated carbocycles. The SMILES string of the molecule is C=CCC(C)(CC=C)C(CO)(CO)COC(=O)C(=C)C. The topological polar surface area (TPSA) is 66.8 Å². The molecule has 0 aromatic carbocycles. The molecule has 4 heteroatoms. The molecule has 0 fully saturated rings. The van der Waals surface area contributed by atoms with E-state index < -0.39 is 16.8 Å². The number of aliphatic hydroxyl groups excluding tert-OH is 2. The predicted octanol–water partition coefficient (Wildman–Crippen LogP) is 2.24. The summed E-state index contributed by atoms with van der Waals surface area (Å²) >= 11 is 0. The molecule has 0 saturated heterocycles. The third-order valence-electron chi connectivity index (χ3n) is 3.90. The van der Waals surface area contributed by atoms with E-state index in [1.54, 1.807) is 19.1 Å². The van der Waals surface area contributed by atoms with Crippen LogP contribution in [0.3, 0.4) is 0 Å². The molecule has 2 N–H and O–H groups in total. The highest BCUT2D eigenvalue weighted by Crippen LogP contribution is 2.45. The third-order valence-corrected chi connectivity index (χ3v) is 3.90. The zero-order valence-corrected chi connectivity index (χ0v) is 12.5. The molecule has 0 unspecified atom stereocenters. The zero-order valence-electron chi connectivity index (χ0n) is 12.5. The maximum Gasteiger partial charge on any atom is 0.333 e. The lowest BCUT2D eigenvalue weighted by atomic mass is 9.62. The fraction of sp³-hybridized carbons (Fsp3) is 0.562. The van der Waals surface area contributed by atoms with Crippen molar-refractivity contribution in [1.82, 2.24) is 0 Å². The summed E-state index contributed by atoms with van der Waals surface area (Å²) in [5, 5.41) is 19.5. The average molecular weight is 282 g/mol. The molecule has 4 nitrogen and oxygen atoms in total. The van der Waals surface area contributed by atoms with E-state index in [9.17, 15) is 15.0 Å². The summed E-state index contributed by atoms with van der Waals surface area (Å²) in [5.74, 6) is -0.532. The van der Waals surface area contributed by atoms with Crippen molar-refractivity contribution in [3.05, 3.63) is 37.5 Å². The Morgan fingerprint density at radius 1 is 1.20 bits per heavy atom. The van der Waals surface area contributed by atoms with Gasteiger partial charge in [0.15, 0.2) is 0 Å². The highest BCUT2D eigenvalue weighted by molar-refractivity contribution is 5.86. The van der Waals surface area contributed by atoms with Gasteiger partial charge in [-0.2, -0.15) is 0 Å². The van der Waals surface area contributed by atoms with Crippen LogP contribution in [-0.4, -0.2) is 36.0 Å². The number of carbonyl (C=O) groups is 1. The van der Waals surface area contributed by atoms with Crippen molar-refractivity contribution in [3.8, 4) is 0 Å². The van der Waals surface area contributed by atoms with Crippen molar-refractivity contribution in [1.29, 1.82) is 0 Å². The fourth-order valence-electron chi connectivity index (χ4n) is 2.18. The van der Waals surface area contributed by atoms with E-state index in [4.69, 9.17) is 4.74 Å². The summed E-state index contributed by atoms with van der Waals surface area (Å²) < 4.78 is 5.16. The van der Waals surface area contributed by atoms with Gasteiger partial charge in [0.25, 0.3) is 0 Å². The van der Waals surface area contributed by atoms with Crippen LogP contribution in [0, 0.1) is 10.8 Å². The summed E-state index contributed by atoms with van der Waals surface area (Å²) in [4.78, 5) is 11.5. The van der Waals surface area contributed by atoms with E-state index in [1.807, 2.05) is 6.92 Å². The van der Waals surface area contributed by atoms with Gasteiger partial charge in [0.2, 0.25) is 0 Å². The maximum atomic E-state index is 11.5. The number of allylic oxidation sites excluding steroid dienone is 2. The number of rotatable bonds is 10. The zero-order chi connectivity index (χ0) is 15.8. The summed E-state index contributed by atoms with van der Waals surface area (Å²) in [5.41, 5.74) is -1.18. The minimum absolute atomic E-state index is 0.0795. The first-order chi connectivity index (χ1) is 9.32. The van der Waals surface area contributed by atoms with Crippen LogP contribution in [-0.2, 0) is 9.53 Å². The van der Waals surface area contributed by atoms with Crippen LogP contribution < -0.4 is 0 Å². The monoisotopic (exact) mass is 282 g/mol. The quantitative estimate of drug-likeness (QED) is 0.366. The van der Waals surface area contributed by atoms with Gasteiger partial charge in [-0.1, -0.05) is 25.7 Å². The molecule has 0 amide bonds. The fourth-order valence-corrected chi connectivity index (χ4v) is 2.18. The van der Waals surface area contributed by atoms with Crippen molar-refractivity contribution in [3.63, 3.8) is 0 Å². The number of ether oxygens (including phenoxy) is 1. The highest BCUT2D eigenvalue weighted by Gasteiger charge is 2.47. The van der Waals surface area contributed by atoms with Crippen molar-refractivity contribution in [2.24, 2.45) is 10.8 Å². The lowest BCUT2D eigenvalue weighted by Crippen LogP contribution is -2.49. The maximum absolute atomic E-state index is 11.5. The third kappa shape index (κ3) is 4.05. The molecule has 0 aliphatic heterocycles. The molecule has 0 heterocycles. The van der Waals surface area contributed by atoms with Crippen LogP contribution in [0.15, 0.2) is 37.5 Å². The van der Waals surface area contributed by atoms with E-state index >= 15 is 0 Å². The Balaban J connectivity index is 5.32. The minimum atomic E-state index is -0.958. The molecule has 0 bridgehead atoms. The average Bonchev–Trinajstić information content (AvgIpc) is 2.40. The van der Waals surface area contributed by atoms with Crippen LogP contribution in [0.1, 0.15) is 26.7 Å². The Morgan fingerprint density at radius 2 is 1.65 bits per heavy atom. The van der Waals surface area contributed by atoms with Crippen LogP contribution >= 0.6 is 0 Å². The van der Waals surface area contributed by atoms with Gasteiger partial charge in [-0.3, -0.25) is 0 Å². The standard InChI is InChI=1S/C16H26O4/c1-6-8-15(5,9-7-2)16(10-17,11-18)12-20-14(19)13(3)4/h6-7,17-18H,1-3,8-12H2,4-5H3. The lowest BCUT2D eigenvalue weighted by molar-refractivity contribution is -0.153.